The Kier molecular flexibility index (Phi) is 2.26. The molecule has 0 unspecified atom stereocenters. The van der Waals surface area contributed by atoms with E-state index in [1.807, 2.05) is 20.8 Å². The summed E-state index contributed by atoms with van der Waals surface area (Å²) in [5.41, 5.74) is 6.62. The average Bonchev–Trinajstić information content (AvgIpc) is 2.15. The lowest BCUT2D eigenvalue weighted by Gasteiger charge is -2.17. The van der Waals surface area contributed by atoms with Crippen LogP contribution in [0.2, 0.25) is 0 Å². The Labute approximate surface area is 93.9 Å². The quantitative estimate of drug-likeness (QED) is 0.690. The summed E-state index contributed by atoms with van der Waals surface area (Å²) in [5, 5.41) is 0.571. The van der Waals surface area contributed by atoms with Crippen molar-refractivity contribution in [3.8, 4) is 0 Å². The zero-order valence-corrected chi connectivity index (χ0v) is 9.70. The van der Waals surface area contributed by atoms with E-state index in [1.165, 1.54) is 0 Å². The van der Waals surface area contributed by atoms with E-state index in [0.29, 0.717) is 22.4 Å². The zero-order chi connectivity index (χ0) is 11.9. The molecule has 2 aromatic rings. The first kappa shape index (κ1) is 10.7. The fourth-order valence-electron chi connectivity index (χ4n) is 1.54. The lowest BCUT2D eigenvalue weighted by atomic mass is 9.92. The maximum Gasteiger partial charge on any atom is 0.192 e. The van der Waals surface area contributed by atoms with Crippen LogP contribution in [0.5, 0.6) is 0 Å². The van der Waals surface area contributed by atoms with Gasteiger partial charge in [-0.25, -0.2) is 0 Å². The topological polar surface area (TPSA) is 56.2 Å². The van der Waals surface area contributed by atoms with E-state index in [4.69, 9.17) is 10.2 Å². The molecule has 1 aromatic heterocycles. The van der Waals surface area contributed by atoms with Crippen LogP contribution in [0.25, 0.3) is 11.0 Å². The Morgan fingerprint density at radius 3 is 2.50 bits per heavy atom. The van der Waals surface area contributed by atoms with E-state index in [-0.39, 0.29) is 10.8 Å². The molecule has 0 spiro atoms. The predicted octanol–water partition coefficient (Wildman–Crippen LogP) is 2.67. The predicted molar refractivity (Wildman–Crippen MR) is 65.6 cm³/mol. The first-order valence-corrected chi connectivity index (χ1v) is 5.22. The molecule has 0 fully saturated rings. The van der Waals surface area contributed by atoms with Gasteiger partial charge in [0.05, 0.1) is 5.39 Å². The van der Waals surface area contributed by atoms with Gasteiger partial charge in [-0.2, -0.15) is 0 Å². The van der Waals surface area contributed by atoms with Crippen molar-refractivity contribution >= 4 is 16.7 Å². The van der Waals surface area contributed by atoms with Crippen LogP contribution in [-0.2, 0) is 5.41 Å². The van der Waals surface area contributed by atoms with Crippen molar-refractivity contribution in [1.82, 2.24) is 0 Å². The number of benzene rings is 1. The van der Waals surface area contributed by atoms with E-state index in [9.17, 15) is 4.79 Å². The van der Waals surface area contributed by atoms with Crippen molar-refractivity contribution in [2.75, 3.05) is 5.73 Å². The average molecular weight is 217 g/mol. The van der Waals surface area contributed by atoms with E-state index >= 15 is 0 Å². The highest BCUT2D eigenvalue weighted by atomic mass is 16.3. The molecule has 16 heavy (non-hydrogen) atoms. The Morgan fingerprint density at radius 2 is 1.88 bits per heavy atom. The van der Waals surface area contributed by atoms with Gasteiger partial charge in [0.25, 0.3) is 0 Å². The summed E-state index contributed by atoms with van der Waals surface area (Å²) in [4.78, 5) is 11.9. The van der Waals surface area contributed by atoms with Gasteiger partial charge in [-0.05, 0) is 12.1 Å². The van der Waals surface area contributed by atoms with E-state index in [0.717, 1.165) is 0 Å². The molecule has 2 rings (SSSR count). The minimum Gasteiger partial charge on any atom is -0.460 e. The summed E-state index contributed by atoms with van der Waals surface area (Å²) in [6.45, 7) is 6.01. The maximum atomic E-state index is 11.9. The summed E-state index contributed by atoms with van der Waals surface area (Å²) < 4.78 is 5.71. The molecule has 3 nitrogen and oxygen atoms in total. The van der Waals surface area contributed by atoms with Crippen LogP contribution < -0.4 is 11.2 Å². The fraction of sp³-hybridized carbons (Fsp3) is 0.308. The minimum absolute atomic E-state index is 0.0221. The summed E-state index contributed by atoms with van der Waals surface area (Å²) in [5.74, 6) is 0.676. The number of fused-ring (bicyclic) bond motifs is 1. The van der Waals surface area contributed by atoms with E-state index in [1.54, 1.807) is 24.3 Å². The number of hydrogen-bond donors (Lipinski definition) is 1. The summed E-state index contributed by atoms with van der Waals surface area (Å²) in [6, 6.07) is 6.64. The van der Waals surface area contributed by atoms with Crippen LogP contribution in [0, 0.1) is 0 Å². The number of nitrogens with two attached hydrogens (primary N) is 1. The highest BCUT2D eigenvalue weighted by Crippen LogP contribution is 2.24. The van der Waals surface area contributed by atoms with Gasteiger partial charge in [-0.15, -0.1) is 0 Å². The van der Waals surface area contributed by atoms with Crippen molar-refractivity contribution in [1.29, 1.82) is 0 Å². The Hall–Kier alpha value is -1.77. The Bertz CT molecular complexity index is 591. The molecule has 0 atom stereocenters. The third-order valence-electron chi connectivity index (χ3n) is 2.49. The molecule has 3 heteroatoms. The van der Waals surface area contributed by atoms with Gasteiger partial charge in [0.1, 0.15) is 11.3 Å². The standard InChI is InChI=1S/C13H15NO2/c1-13(2,3)12-7-10(15)9-5-4-8(14)6-11(9)16-12/h4-7H,14H2,1-3H3. The highest BCUT2D eigenvalue weighted by Gasteiger charge is 2.18. The van der Waals surface area contributed by atoms with Crippen molar-refractivity contribution in [2.24, 2.45) is 0 Å². The maximum absolute atomic E-state index is 11.9. The zero-order valence-electron chi connectivity index (χ0n) is 9.70. The number of rotatable bonds is 0. The summed E-state index contributed by atoms with van der Waals surface area (Å²) in [7, 11) is 0. The molecule has 0 aliphatic rings. The third-order valence-corrected chi connectivity index (χ3v) is 2.49. The van der Waals surface area contributed by atoms with Gasteiger partial charge < -0.3 is 10.2 Å². The van der Waals surface area contributed by atoms with Crippen molar-refractivity contribution in [2.45, 2.75) is 26.2 Å². The lowest BCUT2D eigenvalue weighted by Crippen LogP contribution is -2.14. The Morgan fingerprint density at radius 1 is 1.19 bits per heavy atom. The normalized spacial score (nSPS) is 11.9. The van der Waals surface area contributed by atoms with Crippen LogP contribution in [-0.4, -0.2) is 0 Å². The molecule has 1 heterocycles. The second-order valence-corrected chi connectivity index (χ2v) is 4.98. The third kappa shape index (κ3) is 1.81. The molecular weight excluding hydrogens is 202 g/mol. The largest absolute Gasteiger partial charge is 0.460 e. The van der Waals surface area contributed by atoms with Crippen LogP contribution in [0.4, 0.5) is 5.69 Å². The molecule has 0 aliphatic heterocycles. The van der Waals surface area contributed by atoms with Gasteiger partial charge in [-0.3, -0.25) is 4.79 Å². The van der Waals surface area contributed by atoms with Crippen LogP contribution in [0.3, 0.4) is 0 Å². The van der Waals surface area contributed by atoms with Gasteiger partial charge >= 0.3 is 0 Å². The number of anilines is 1. The Balaban J connectivity index is 2.80. The van der Waals surface area contributed by atoms with Crippen molar-refractivity contribution in [3.05, 3.63) is 40.2 Å². The molecule has 0 saturated carbocycles. The molecule has 0 aliphatic carbocycles. The first-order valence-electron chi connectivity index (χ1n) is 5.22. The number of hydrogen-bond acceptors (Lipinski definition) is 3. The SMILES string of the molecule is CC(C)(C)c1cc(=O)c2ccc(N)cc2o1. The fourth-order valence-corrected chi connectivity index (χ4v) is 1.54. The summed E-state index contributed by atoms with van der Waals surface area (Å²) in [6.07, 6.45) is 0. The number of nitrogen functional groups attached to an aromatic ring is 1. The van der Waals surface area contributed by atoms with Crippen LogP contribution in [0.1, 0.15) is 26.5 Å². The lowest BCUT2D eigenvalue weighted by molar-refractivity contribution is 0.421. The second-order valence-electron chi connectivity index (χ2n) is 4.98. The van der Waals surface area contributed by atoms with E-state index in [2.05, 4.69) is 0 Å². The first-order chi connectivity index (χ1) is 7.38. The molecule has 0 radical (unpaired) electrons. The van der Waals surface area contributed by atoms with Crippen LogP contribution >= 0.6 is 0 Å². The van der Waals surface area contributed by atoms with Crippen LogP contribution in [0.15, 0.2) is 33.5 Å². The molecule has 0 saturated heterocycles. The molecule has 0 amide bonds. The molecule has 84 valence electrons. The molecular formula is C13H15NO2. The minimum atomic E-state index is -0.183. The van der Waals surface area contributed by atoms with Crippen molar-refractivity contribution < 1.29 is 4.42 Å². The highest BCUT2D eigenvalue weighted by molar-refractivity contribution is 5.79. The van der Waals surface area contributed by atoms with Gasteiger partial charge in [0.15, 0.2) is 5.43 Å². The molecule has 2 N–H and O–H groups in total. The van der Waals surface area contributed by atoms with Crippen molar-refractivity contribution in [3.63, 3.8) is 0 Å². The second kappa shape index (κ2) is 3.37. The smallest absolute Gasteiger partial charge is 0.192 e. The molecule has 1 aromatic carbocycles. The van der Waals surface area contributed by atoms with Gasteiger partial charge in [-0.1, -0.05) is 20.8 Å². The monoisotopic (exact) mass is 217 g/mol. The summed E-state index contributed by atoms with van der Waals surface area (Å²) >= 11 is 0. The van der Waals surface area contributed by atoms with Gasteiger partial charge in [0, 0.05) is 23.2 Å². The molecule has 0 bridgehead atoms. The van der Waals surface area contributed by atoms with E-state index < -0.39 is 0 Å². The van der Waals surface area contributed by atoms with Gasteiger partial charge in [0.2, 0.25) is 0 Å².